The summed E-state index contributed by atoms with van der Waals surface area (Å²) in [4.78, 5) is 1.34. The maximum atomic E-state index is 9.41. The van der Waals surface area contributed by atoms with Gasteiger partial charge in [-0.05, 0) is 52.0 Å². The van der Waals surface area contributed by atoms with Crippen LogP contribution in [-0.2, 0) is 6.54 Å². The summed E-state index contributed by atoms with van der Waals surface area (Å²) in [7, 11) is 0. The topological polar surface area (TPSA) is 32.3 Å². The van der Waals surface area contributed by atoms with Crippen LogP contribution in [0.15, 0.2) is 40.2 Å². The molecule has 2 rings (SSSR count). The van der Waals surface area contributed by atoms with E-state index in [-0.39, 0.29) is 5.75 Å². The first-order chi connectivity index (χ1) is 8.16. The van der Waals surface area contributed by atoms with Gasteiger partial charge in [-0.15, -0.1) is 11.3 Å². The third kappa shape index (κ3) is 3.31. The molecule has 1 aromatic heterocycles. The van der Waals surface area contributed by atoms with Crippen molar-refractivity contribution in [2.24, 2.45) is 0 Å². The Kier molecular flexibility index (Phi) is 4.20. The average molecular weight is 312 g/mol. The molecule has 0 aliphatic carbocycles. The molecule has 0 bridgehead atoms. The van der Waals surface area contributed by atoms with Gasteiger partial charge in [-0.25, -0.2) is 0 Å². The number of benzene rings is 1. The van der Waals surface area contributed by atoms with Crippen molar-refractivity contribution in [1.29, 1.82) is 0 Å². The summed E-state index contributed by atoms with van der Waals surface area (Å²) in [6, 6.07) is 10.1. The van der Waals surface area contributed by atoms with Crippen LogP contribution in [0.1, 0.15) is 23.4 Å². The molecule has 0 amide bonds. The Morgan fingerprint density at radius 3 is 2.88 bits per heavy atom. The smallest absolute Gasteiger partial charge is 0.129 e. The van der Waals surface area contributed by atoms with Crippen LogP contribution in [0.3, 0.4) is 0 Å². The summed E-state index contributed by atoms with van der Waals surface area (Å²) in [5, 5.41) is 14.9. The van der Waals surface area contributed by atoms with Gasteiger partial charge in [0, 0.05) is 17.5 Å². The van der Waals surface area contributed by atoms with Crippen molar-refractivity contribution in [1.82, 2.24) is 5.32 Å². The van der Waals surface area contributed by atoms with Gasteiger partial charge in [-0.3, -0.25) is 0 Å². The van der Waals surface area contributed by atoms with Gasteiger partial charge in [0.15, 0.2) is 0 Å². The molecule has 2 aromatic rings. The lowest BCUT2D eigenvalue weighted by Crippen LogP contribution is -2.17. The number of thiophene rings is 1. The Balaban J connectivity index is 1.96. The van der Waals surface area contributed by atoms with Crippen molar-refractivity contribution in [3.63, 3.8) is 0 Å². The molecule has 1 unspecified atom stereocenters. The summed E-state index contributed by atoms with van der Waals surface area (Å²) in [5.41, 5.74) is 1.15. The van der Waals surface area contributed by atoms with E-state index in [4.69, 9.17) is 0 Å². The Morgan fingerprint density at radius 2 is 2.24 bits per heavy atom. The third-order valence-corrected chi connectivity index (χ3v) is 4.28. The highest BCUT2D eigenvalue weighted by molar-refractivity contribution is 9.10. The molecule has 0 saturated carbocycles. The predicted octanol–water partition coefficient (Wildman–Crippen LogP) is 4.07. The molecular formula is C13H14BrNOS. The van der Waals surface area contributed by atoms with Gasteiger partial charge >= 0.3 is 0 Å². The van der Waals surface area contributed by atoms with Gasteiger partial charge in [0.05, 0.1) is 4.47 Å². The predicted molar refractivity (Wildman–Crippen MR) is 75.4 cm³/mol. The second-order valence-corrected chi connectivity index (χ2v) is 5.74. The molecule has 4 heteroatoms. The Bertz CT molecular complexity index is 484. The minimum Gasteiger partial charge on any atom is -0.507 e. The van der Waals surface area contributed by atoms with E-state index in [2.05, 4.69) is 45.7 Å². The molecule has 0 spiro atoms. The second kappa shape index (κ2) is 5.67. The van der Waals surface area contributed by atoms with Gasteiger partial charge in [0.2, 0.25) is 0 Å². The van der Waals surface area contributed by atoms with Gasteiger partial charge < -0.3 is 10.4 Å². The van der Waals surface area contributed by atoms with Crippen molar-refractivity contribution in [3.8, 4) is 5.75 Å². The zero-order chi connectivity index (χ0) is 12.3. The van der Waals surface area contributed by atoms with Crippen molar-refractivity contribution in [2.75, 3.05) is 0 Å². The monoisotopic (exact) mass is 311 g/mol. The normalized spacial score (nSPS) is 12.6. The first kappa shape index (κ1) is 12.6. The molecule has 0 aliphatic heterocycles. The minimum absolute atomic E-state index is 0.278. The number of halogens is 1. The van der Waals surface area contributed by atoms with Crippen LogP contribution in [0.25, 0.3) is 0 Å². The number of phenols is 1. The van der Waals surface area contributed by atoms with E-state index in [0.29, 0.717) is 6.04 Å². The average Bonchev–Trinajstić information content (AvgIpc) is 2.84. The van der Waals surface area contributed by atoms with Gasteiger partial charge in [0.1, 0.15) is 5.75 Å². The van der Waals surface area contributed by atoms with Crippen LogP contribution in [0.5, 0.6) is 5.75 Å². The summed E-state index contributed by atoms with van der Waals surface area (Å²) < 4.78 is 0.737. The fraction of sp³-hybridized carbons (Fsp3) is 0.231. The molecule has 0 saturated heterocycles. The summed E-state index contributed by atoms with van der Waals surface area (Å²) in [6.45, 7) is 2.94. The Labute approximate surface area is 113 Å². The van der Waals surface area contributed by atoms with E-state index in [1.807, 2.05) is 12.1 Å². The van der Waals surface area contributed by atoms with E-state index >= 15 is 0 Å². The molecule has 0 aliphatic rings. The van der Waals surface area contributed by atoms with Crippen LogP contribution < -0.4 is 5.32 Å². The second-order valence-electron chi connectivity index (χ2n) is 3.90. The molecule has 0 radical (unpaired) electrons. The van der Waals surface area contributed by atoms with Crippen LogP contribution in [0.4, 0.5) is 0 Å². The summed E-state index contributed by atoms with van der Waals surface area (Å²) in [5.74, 6) is 0.278. The highest BCUT2D eigenvalue weighted by Crippen LogP contribution is 2.25. The van der Waals surface area contributed by atoms with Crippen molar-refractivity contribution in [3.05, 3.63) is 50.6 Å². The first-order valence-electron chi connectivity index (χ1n) is 5.41. The maximum Gasteiger partial charge on any atom is 0.129 e. The maximum absolute atomic E-state index is 9.41. The van der Waals surface area contributed by atoms with Crippen LogP contribution in [0, 0.1) is 0 Å². The third-order valence-electron chi connectivity index (χ3n) is 2.59. The number of aromatic hydroxyl groups is 1. The van der Waals surface area contributed by atoms with E-state index in [1.165, 1.54) is 4.88 Å². The van der Waals surface area contributed by atoms with Crippen molar-refractivity contribution >= 4 is 27.3 Å². The zero-order valence-corrected chi connectivity index (χ0v) is 11.9. The van der Waals surface area contributed by atoms with E-state index in [0.717, 1.165) is 16.6 Å². The number of hydrogen-bond donors (Lipinski definition) is 2. The van der Waals surface area contributed by atoms with Crippen LogP contribution in [-0.4, -0.2) is 5.11 Å². The van der Waals surface area contributed by atoms with E-state index in [1.54, 1.807) is 17.4 Å². The lowest BCUT2D eigenvalue weighted by atomic mass is 10.2. The van der Waals surface area contributed by atoms with Crippen molar-refractivity contribution in [2.45, 2.75) is 19.5 Å². The largest absolute Gasteiger partial charge is 0.507 e. The molecular weight excluding hydrogens is 298 g/mol. The first-order valence-corrected chi connectivity index (χ1v) is 7.08. The fourth-order valence-electron chi connectivity index (χ4n) is 1.57. The molecule has 90 valence electrons. The fourth-order valence-corrected chi connectivity index (χ4v) is 2.75. The highest BCUT2D eigenvalue weighted by Gasteiger charge is 2.06. The van der Waals surface area contributed by atoms with Gasteiger partial charge in [-0.2, -0.15) is 0 Å². The number of nitrogens with one attached hydrogen (secondary N) is 1. The van der Waals surface area contributed by atoms with E-state index in [9.17, 15) is 5.11 Å². The molecule has 0 fully saturated rings. The van der Waals surface area contributed by atoms with Gasteiger partial charge in [0.25, 0.3) is 0 Å². The molecule has 1 heterocycles. The lowest BCUT2D eigenvalue weighted by Gasteiger charge is -2.12. The standard InChI is InChI=1S/C13H14BrNOS/c1-9(13-3-2-6-17-13)15-8-10-4-5-12(16)11(14)7-10/h2-7,9,15-16H,8H2,1H3. The molecule has 17 heavy (non-hydrogen) atoms. The Hall–Kier alpha value is -0.840. The SMILES string of the molecule is CC(NCc1ccc(O)c(Br)c1)c1cccs1. The molecule has 1 aromatic carbocycles. The Morgan fingerprint density at radius 1 is 1.41 bits per heavy atom. The minimum atomic E-state index is 0.278. The lowest BCUT2D eigenvalue weighted by molar-refractivity contribution is 0.471. The zero-order valence-electron chi connectivity index (χ0n) is 9.48. The molecule has 2 nitrogen and oxygen atoms in total. The number of rotatable bonds is 4. The van der Waals surface area contributed by atoms with Crippen LogP contribution in [0.2, 0.25) is 0 Å². The summed E-state index contributed by atoms with van der Waals surface area (Å²) >= 11 is 5.08. The van der Waals surface area contributed by atoms with Crippen LogP contribution >= 0.6 is 27.3 Å². The van der Waals surface area contributed by atoms with E-state index < -0.39 is 0 Å². The number of phenolic OH excluding ortho intramolecular Hbond substituents is 1. The summed E-state index contributed by atoms with van der Waals surface area (Å²) in [6.07, 6.45) is 0. The molecule has 1 atom stereocenters. The quantitative estimate of drug-likeness (QED) is 0.892. The highest BCUT2D eigenvalue weighted by atomic mass is 79.9. The number of hydrogen-bond acceptors (Lipinski definition) is 3. The van der Waals surface area contributed by atoms with Gasteiger partial charge in [-0.1, -0.05) is 12.1 Å². The molecule has 2 N–H and O–H groups in total. The van der Waals surface area contributed by atoms with Crippen molar-refractivity contribution < 1.29 is 5.11 Å².